The van der Waals surface area contributed by atoms with E-state index in [0.717, 1.165) is 24.1 Å². The highest BCUT2D eigenvalue weighted by Gasteiger charge is 2.32. The highest BCUT2D eigenvalue weighted by molar-refractivity contribution is 7.89. The number of ether oxygens (including phenoxy) is 1. The number of pyridine rings is 1. The van der Waals surface area contributed by atoms with E-state index in [1.165, 1.54) is 12.1 Å². The monoisotopic (exact) mass is 445 g/mol. The molecule has 0 atom stereocenters. The topological polar surface area (TPSA) is 97.7 Å². The van der Waals surface area contributed by atoms with Crippen LogP contribution in [0.25, 0.3) is 0 Å². The molecule has 0 bridgehead atoms. The molecule has 1 saturated carbocycles. The fraction of sp³-hybridized carbons (Fsp3) is 0.455. The minimum Gasteiger partial charge on any atom is -0.486 e. The molecular weight excluding hydrogens is 418 g/mol. The minimum atomic E-state index is -3.63. The van der Waals surface area contributed by atoms with Crippen LogP contribution in [0.5, 0.6) is 5.75 Å². The summed E-state index contributed by atoms with van der Waals surface area (Å²) in [7, 11) is -3.63. The molecule has 31 heavy (non-hydrogen) atoms. The summed E-state index contributed by atoms with van der Waals surface area (Å²) in [5.41, 5.74) is 1.69. The van der Waals surface area contributed by atoms with Crippen molar-refractivity contribution in [2.45, 2.75) is 50.2 Å². The van der Waals surface area contributed by atoms with Crippen molar-refractivity contribution in [2.75, 3.05) is 19.6 Å². The molecule has 166 valence electrons. The second-order valence-corrected chi connectivity index (χ2v) is 10.0. The van der Waals surface area contributed by atoms with E-state index in [4.69, 9.17) is 4.74 Å². The van der Waals surface area contributed by atoms with Gasteiger partial charge in [-0.15, -0.1) is 0 Å². The Morgan fingerprint density at radius 3 is 2.55 bits per heavy atom. The molecule has 0 radical (unpaired) electrons. The molecule has 1 aromatic heterocycles. The second kappa shape index (κ2) is 8.47. The number of carbonyl (C=O) groups excluding carboxylic acids is 1. The van der Waals surface area contributed by atoms with E-state index in [1.807, 2.05) is 26.0 Å². The number of nitrogens with one attached hydrogen (secondary N) is 1. The third kappa shape index (κ3) is 4.99. The van der Waals surface area contributed by atoms with Crippen LogP contribution in [0.3, 0.4) is 0 Å². The van der Waals surface area contributed by atoms with Crippen LogP contribution in [0.4, 0.5) is 0 Å². The molecule has 0 unspecified atom stereocenters. The zero-order valence-electron chi connectivity index (χ0n) is 17.7. The number of amides is 1. The first-order chi connectivity index (χ1) is 14.7. The summed E-state index contributed by atoms with van der Waals surface area (Å²) in [4.78, 5) is 26.4. The Morgan fingerprint density at radius 1 is 1.16 bits per heavy atom. The number of hydrogen-bond acceptors (Lipinski definition) is 5. The van der Waals surface area contributed by atoms with Gasteiger partial charge in [0.25, 0.3) is 5.56 Å². The largest absolute Gasteiger partial charge is 0.486 e. The summed E-state index contributed by atoms with van der Waals surface area (Å²) in [6, 6.07) is 10.3. The number of rotatable bonds is 8. The Balaban J connectivity index is 1.23. The molecule has 2 fully saturated rings. The number of hydrogen-bond donors (Lipinski definition) is 1. The highest BCUT2D eigenvalue weighted by atomic mass is 32.2. The van der Waals surface area contributed by atoms with E-state index in [2.05, 4.69) is 4.72 Å². The quantitative estimate of drug-likeness (QED) is 0.668. The Morgan fingerprint density at radius 2 is 1.90 bits per heavy atom. The van der Waals surface area contributed by atoms with Crippen LogP contribution in [0, 0.1) is 13.8 Å². The molecule has 1 aliphatic heterocycles. The van der Waals surface area contributed by atoms with Gasteiger partial charge in [-0.25, -0.2) is 13.1 Å². The van der Waals surface area contributed by atoms with Crippen LogP contribution < -0.4 is 15.0 Å². The minimum absolute atomic E-state index is 0.0374. The van der Waals surface area contributed by atoms with Crippen molar-refractivity contribution in [1.29, 1.82) is 0 Å². The molecule has 8 nitrogen and oxygen atoms in total. The molecule has 2 aliphatic rings. The van der Waals surface area contributed by atoms with Gasteiger partial charge in [0.15, 0.2) is 0 Å². The second-order valence-electron chi connectivity index (χ2n) is 8.27. The van der Waals surface area contributed by atoms with Crippen molar-refractivity contribution in [2.24, 2.45) is 0 Å². The number of carbonyl (C=O) groups is 1. The Labute approximate surface area is 181 Å². The van der Waals surface area contributed by atoms with Crippen molar-refractivity contribution in [3.8, 4) is 5.75 Å². The molecule has 9 heteroatoms. The summed E-state index contributed by atoms with van der Waals surface area (Å²) in [5.74, 6) is 0.398. The summed E-state index contributed by atoms with van der Waals surface area (Å²) >= 11 is 0. The van der Waals surface area contributed by atoms with Gasteiger partial charge in [-0.3, -0.25) is 9.59 Å². The van der Waals surface area contributed by atoms with Crippen LogP contribution >= 0.6 is 0 Å². The van der Waals surface area contributed by atoms with Gasteiger partial charge in [0.05, 0.1) is 18.0 Å². The number of likely N-dealkylation sites (tertiary alicyclic amines) is 1. The molecule has 1 N–H and O–H groups in total. The van der Waals surface area contributed by atoms with E-state index in [0.29, 0.717) is 24.9 Å². The van der Waals surface area contributed by atoms with Gasteiger partial charge in [0.2, 0.25) is 15.9 Å². The van der Waals surface area contributed by atoms with Crippen LogP contribution in [0.2, 0.25) is 0 Å². The summed E-state index contributed by atoms with van der Waals surface area (Å²) in [6.07, 6.45) is 2.00. The lowest BCUT2D eigenvalue weighted by atomic mass is 10.1. The van der Waals surface area contributed by atoms with Crippen molar-refractivity contribution < 1.29 is 17.9 Å². The Kier molecular flexibility index (Phi) is 5.90. The lowest BCUT2D eigenvalue weighted by Crippen LogP contribution is -2.56. The molecule has 2 aromatic rings. The number of benzene rings is 1. The fourth-order valence-electron chi connectivity index (χ4n) is 3.78. The normalized spacial score (nSPS) is 16.8. The van der Waals surface area contributed by atoms with E-state index in [-0.39, 0.29) is 35.4 Å². The van der Waals surface area contributed by atoms with E-state index < -0.39 is 10.0 Å². The average molecular weight is 446 g/mol. The number of sulfonamides is 1. The average Bonchev–Trinajstić information content (AvgIpc) is 3.48. The standard InChI is InChI=1S/C22H27N3O5S/c1-15-4-3-5-20(10-15)31(28,29)23-9-8-21(26)24-13-19(14-24)30-18-11-16(2)25(17-6-7-17)22(27)12-18/h3-5,10-12,17,19,23H,6-9,13-14H2,1-2H3. The fourth-order valence-corrected chi connectivity index (χ4v) is 4.91. The maximum atomic E-state index is 12.3. The first-order valence-electron chi connectivity index (χ1n) is 10.5. The molecule has 1 aromatic carbocycles. The van der Waals surface area contributed by atoms with E-state index in [9.17, 15) is 18.0 Å². The molecule has 2 heterocycles. The number of aromatic nitrogens is 1. The number of nitrogens with zero attached hydrogens (tertiary/aromatic N) is 2. The first-order valence-corrected chi connectivity index (χ1v) is 12.0. The molecule has 1 amide bonds. The molecule has 4 rings (SSSR count). The van der Waals surface area contributed by atoms with Crippen LogP contribution in [0.15, 0.2) is 46.1 Å². The Hall–Kier alpha value is -2.65. The predicted octanol–water partition coefficient (Wildman–Crippen LogP) is 1.76. The Bertz CT molecular complexity index is 1150. The van der Waals surface area contributed by atoms with Gasteiger partial charge in [-0.05, 0) is 50.5 Å². The lowest BCUT2D eigenvalue weighted by Gasteiger charge is -2.39. The van der Waals surface area contributed by atoms with Crippen molar-refractivity contribution >= 4 is 15.9 Å². The highest BCUT2D eigenvalue weighted by Crippen LogP contribution is 2.35. The van der Waals surface area contributed by atoms with Crippen LogP contribution in [0.1, 0.15) is 36.6 Å². The zero-order chi connectivity index (χ0) is 22.2. The van der Waals surface area contributed by atoms with Crippen LogP contribution in [-0.2, 0) is 14.8 Å². The summed E-state index contributed by atoms with van der Waals surface area (Å²) < 4.78 is 34.8. The van der Waals surface area contributed by atoms with Gasteiger partial charge >= 0.3 is 0 Å². The van der Waals surface area contributed by atoms with E-state index in [1.54, 1.807) is 21.6 Å². The first kappa shape index (κ1) is 21.6. The smallest absolute Gasteiger partial charge is 0.254 e. The maximum Gasteiger partial charge on any atom is 0.254 e. The van der Waals surface area contributed by atoms with Crippen molar-refractivity contribution in [3.05, 3.63) is 58.0 Å². The van der Waals surface area contributed by atoms with E-state index >= 15 is 0 Å². The molecular formula is C22H27N3O5S. The van der Waals surface area contributed by atoms with Crippen molar-refractivity contribution in [1.82, 2.24) is 14.2 Å². The summed E-state index contributed by atoms with van der Waals surface area (Å²) in [5, 5.41) is 0. The maximum absolute atomic E-state index is 12.3. The van der Waals surface area contributed by atoms with Gasteiger partial charge < -0.3 is 14.2 Å². The molecule has 1 saturated heterocycles. The molecule has 0 spiro atoms. The lowest BCUT2D eigenvalue weighted by molar-refractivity contribution is -0.139. The third-order valence-corrected chi connectivity index (χ3v) is 7.04. The molecule has 1 aliphatic carbocycles. The SMILES string of the molecule is Cc1cccc(S(=O)(=O)NCCC(=O)N2CC(Oc3cc(C)n(C4CC4)c(=O)c3)C2)c1. The van der Waals surface area contributed by atoms with Crippen molar-refractivity contribution in [3.63, 3.8) is 0 Å². The van der Waals surface area contributed by atoms with Gasteiger partial charge in [0, 0.05) is 30.8 Å². The zero-order valence-corrected chi connectivity index (χ0v) is 18.5. The summed E-state index contributed by atoms with van der Waals surface area (Å²) in [6.45, 7) is 4.61. The number of aryl methyl sites for hydroxylation is 2. The van der Waals surface area contributed by atoms with Gasteiger partial charge in [-0.2, -0.15) is 0 Å². The van der Waals surface area contributed by atoms with Gasteiger partial charge in [-0.1, -0.05) is 12.1 Å². The third-order valence-electron chi connectivity index (χ3n) is 5.58. The van der Waals surface area contributed by atoms with Crippen LogP contribution in [-0.4, -0.2) is 49.5 Å². The van der Waals surface area contributed by atoms with Gasteiger partial charge in [0.1, 0.15) is 11.9 Å². The predicted molar refractivity (Wildman–Crippen MR) is 116 cm³/mol.